The van der Waals surface area contributed by atoms with Crippen molar-refractivity contribution in [3.8, 4) is 11.4 Å². The summed E-state index contributed by atoms with van der Waals surface area (Å²) in [6.45, 7) is 0.895. The first-order valence-corrected chi connectivity index (χ1v) is 11.5. The van der Waals surface area contributed by atoms with Crippen molar-refractivity contribution in [2.75, 3.05) is 31.1 Å². The van der Waals surface area contributed by atoms with Crippen LogP contribution >= 0.6 is 0 Å². The van der Waals surface area contributed by atoms with E-state index in [-0.39, 0.29) is 5.82 Å². The van der Waals surface area contributed by atoms with Gasteiger partial charge in [-0.3, -0.25) is 9.36 Å². The molecule has 1 amide bonds. The van der Waals surface area contributed by atoms with Crippen LogP contribution in [0.25, 0.3) is 22.4 Å². The molecule has 0 unspecified atom stereocenters. The van der Waals surface area contributed by atoms with Crippen molar-refractivity contribution in [3.05, 3.63) is 48.5 Å². The van der Waals surface area contributed by atoms with Crippen LogP contribution in [0.3, 0.4) is 0 Å². The number of halogens is 2. The highest BCUT2D eigenvalue weighted by Crippen LogP contribution is 2.33. The molecule has 1 aromatic heterocycles. The highest BCUT2D eigenvalue weighted by Gasteiger charge is 2.26. The summed E-state index contributed by atoms with van der Waals surface area (Å²) >= 11 is 0. The lowest BCUT2D eigenvalue weighted by Gasteiger charge is -2.34. The molecule has 2 fully saturated rings. The molecule has 0 aliphatic carbocycles. The zero-order valence-corrected chi connectivity index (χ0v) is 18.1. The number of anilines is 1. The number of nitrogens with zero attached hydrogens (tertiary/aromatic N) is 4. The topological polar surface area (TPSA) is 41.4 Å². The summed E-state index contributed by atoms with van der Waals surface area (Å²) in [5.41, 5.74) is 2.70. The maximum atomic E-state index is 13.9. The van der Waals surface area contributed by atoms with Gasteiger partial charge in [-0.1, -0.05) is 24.3 Å². The second kappa shape index (κ2) is 8.88. The fourth-order valence-corrected chi connectivity index (χ4v) is 5.03. The number of amides is 1. The summed E-state index contributed by atoms with van der Waals surface area (Å²) in [5, 5.41) is 0. The van der Waals surface area contributed by atoms with E-state index >= 15 is 0 Å². The summed E-state index contributed by atoms with van der Waals surface area (Å²) in [6.07, 6.45) is 4.84. The van der Waals surface area contributed by atoms with Gasteiger partial charge < -0.3 is 9.80 Å². The van der Waals surface area contributed by atoms with Crippen LogP contribution in [-0.2, 0) is 4.79 Å². The first-order chi connectivity index (χ1) is 15.6. The third-order valence-corrected chi connectivity index (χ3v) is 6.80. The molecule has 2 saturated heterocycles. The van der Waals surface area contributed by atoms with Gasteiger partial charge in [-0.2, -0.15) is 8.78 Å². The maximum Gasteiger partial charge on any atom is 0.320 e. The van der Waals surface area contributed by atoms with E-state index in [0.717, 1.165) is 62.1 Å². The molecule has 0 bridgehead atoms. The lowest BCUT2D eigenvalue weighted by molar-refractivity contribution is -0.131. The quantitative estimate of drug-likeness (QED) is 0.541. The molecule has 5 rings (SSSR count). The monoisotopic (exact) mass is 438 g/mol. The Labute approximate surface area is 186 Å². The fourth-order valence-electron chi connectivity index (χ4n) is 5.03. The number of imidazole rings is 1. The van der Waals surface area contributed by atoms with E-state index in [1.807, 2.05) is 35.2 Å². The Bertz CT molecular complexity index is 1100. The highest BCUT2D eigenvalue weighted by atomic mass is 19.3. The normalized spacial score (nSPS) is 17.6. The van der Waals surface area contributed by atoms with Gasteiger partial charge in [0.05, 0.1) is 11.0 Å². The number of fused-ring (bicyclic) bond motifs is 1. The van der Waals surface area contributed by atoms with E-state index in [9.17, 15) is 13.6 Å². The van der Waals surface area contributed by atoms with Gasteiger partial charge >= 0.3 is 6.55 Å². The Morgan fingerprint density at radius 3 is 2.50 bits per heavy atom. The molecular weight excluding hydrogens is 410 g/mol. The number of para-hydroxylation sites is 2. The van der Waals surface area contributed by atoms with Crippen molar-refractivity contribution < 1.29 is 13.6 Å². The molecular formula is C25H28F2N4O. The van der Waals surface area contributed by atoms with Gasteiger partial charge in [-0.05, 0) is 55.9 Å². The van der Waals surface area contributed by atoms with Crippen LogP contribution in [0.4, 0.5) is 14.5 Å². The Hall–Kier alpha value is -2.96. The fraction of sp³-hybridized carbons (Fsp3) is 0.440. The number of carbonyl (C=O) groups is 1. The Balaban J connectivity index is 1.31. The predicted molar refractivity (Wildman–Crippen MR) is 122 cm³/mol. The van der Waals surface area contributed by atoms with Crippen LogP contribution in [0.5, 0.6) is 0 Å². The van der Waals surface area contributed by atoms with Crippen LogP contribution < -0.4 is 4.90 Å². The van der Waals surface area contributed by atoms with Crippen molar-refractivity contribution in [1.82, 2.24) is 14.5 Å². The molecule has 0 radical (unpaired) electrons. The number of benzene rings is 2. The highest BCUT2D eigenvalue weighted by molar-refractivity contribution is 5.81. The lowest BCUT2D eigenvalue weighted by Crippen LogP contribution is -2.36. The molecule has 3 aromatic rings. The zero-order chi connectivity index (χ0) is 22.1. The van der Waals surface area contributed by atoms with Gasteiger partial charge in [0.25, 0.3) is 0 Å². The molecule has 2 aromatic carbocycles. The molecule has 2 aliphatic heterocycles. The minimum absolute atomic E-state index is 0.286. The maximum absolute atomic E-state index is 13.9. The van der Waals surface area contributed by atoms with Crippen LogP contribution in [0.15, 0.2) is 48.5 Å². The minimum Gasteiger partial charge on any atom is -0.371 e. The van der Waals surface area contributed by atoms with Crippen molar-refractivity contribution >= 4 is 22.6 Å². The Morgan fingerprint density at radius 2 is 1.75 bits per heavy atom. The van der Waals surface area contributed by atoms with Crippen LogP contribution in [-0.4, -0.2) is 46.5 Å². The van der Waals surface area contributed by atoms with E-state index in [2.05, 4.69) is 9.88 Å². The number of likely N-dealkylation sites (tertiary alicyclic amines) is 1. The minimum atomic E-state index is -2.66. The van der Waals surface area contributed by atoms with Gasteiger partial charge in [-0.25, -0.2) is 4.98 Å². The Kier molecular flexibility index (Phi) is 5.81. The van der Waals surface area contributed by atoms with Gasteiger partial charge in [0.15, 0.2) is 0 Å². The Morgan fingerprint density at radius 1 is 1.00 bits per heavy atom. The molecule has 3 heterocycles. The summed E-state index contributed by atoms with van der Waals surface area (Å²) in [4.78, 5) is 21.3. The van der Waals surface area contributed by atoms with Gasteiger partial charge in [-0.15, -0.1) is 0 Å². The van der Waals surface area contributed by atoms with Crippen molar-refractivity contribution in [1.29, 1.82) is 0 Å². The zero-order valence-electron chi connectivity index (χ0n) is 18.1. The molecule has 0 spiro atoms. The molecule has 0 saturated carbocycles. The van der Waals surface area contributed by atoms with Crippen molar-refractivity contribution in [2.45, 2.75) is 38.7 Å². The van der Waals surface area contributed by atoms with Crippen molar-refractivity contribution in [3.63, 3.8) is 0 Å². The number of rotatable bonds is 5. The van der Waals surface area contributed by atoms with Crippen LogP contribution in [0.1, 0.15) is 38.7 Å². The average molecular weight is 439 g/mol. The summed E-state index contributed by atoms with van der Waals surface area (Å²) in [7, 11) is 0. The third kappa shape index (κ3) is 4.08. The second-order valence-corrected chi connectivity index (χ2v) is 8.84. The molecule has 0 N–H and O–H groups in total. The molecule has 7 heteroatoms. The summed E-state index contributed by atoms with van der Waals surface area (Å²) < 4.78 is 28.7. The lowest BCUT2D eigenvalue weighted by atomic mass is 9.92. The predicted octanol–water partition coefficient (Wildman–Crippen LogP) is 5.33. The SMILES string of the molecule is O=C(CC1CCN(c2cccc(-c3nc4ccccc4n3C(F)F)c2)CC1)N1CCCC1. The van der Waals surface area contributed by atoms with E-state index in [0.29, 0.717) is 34.8 Å². The van der Waals surface area contributed by atoms with Crippen molar-refractivity contribution in [2.24, 2.45) is 5.92 Å². The number of piperidine rings is 1. The molecule has 168 valence electrons. The molecule has 2 aliphatic rings. The van der Waals surface area contributed by atoms with E-state index in [1.165, 1.54) is 0 Å². The number of alkyl halides is 2. The van der Waals surface area contributed by atoms with Gasteiger partial charge in [0, 0.05) is 43.9 Å². The first-order valence-electron chi connectivity index (χ1n) is 11.5. The van der Waals surface area contributed by atoms with Gasteiger partial charge in [0.2, 0.25) is 5.91 Å². The number of aromatic nitrogens is 2. The molecule has 32 heavy (non-hydrogen) atoms. The number of hydrogen-bond donors (Lipinski definition) is 0. The number of hydrogen-bond acceptors (Lipinski definition) is 3. The summed E-state index contributed by atoms with van der Waals surface area (Å²) in [6, 6.07) is 14.7. The molecule has 5 nitrogen and oxygen atoms in total. The average Bonchev–Trinajstić information content (AvgIpc) is 3.48. The van der Waals surface area contributed by atoms with Crippen LogP contribution in [0, 0.1) is 5.92 Å². The first kappa shape index (κ1) is 20.9. The second-order valence-electron chi connectivity index (χ2n) is 8.84. The largest absolute Gasteiger partial charge is 0.371 e. The smallest absolute Gasteiger partial charge is 0.320 e. The van der Waals surface area contributed by atoms with E-state index in [4.69, 9.17) is 0 Å². The van der Waals surface area contributed by atoms with E-state index < -0.39 is 6.55 Å². The van der Waals surface area contributed by atoms with E-state index in [1.54, 1.807) is 18.2 Å². The molecule has 0 atom stereocenters. The number of carbonyl (C=O) groups excluding carboxylic acids is 1. The van der Waals surface area contributed by atoms with Gasteiger partial charge in [0.1, 0.15) is 5.82 Å². The van der Waals surface area contributed by atoms with Crippen LogP contribution in [0.2, 0.25) is 0 Å². The summed E-state index contributed by atoms with van der Waals surface area (Å²) in [5.74, 6) is 1.01. The standard InChI is InChI=1S/C25H28F2N4O/c26-25(27)31-22-9-2-1-8-21(22)28-24(31)19-6-5-7-20(17-19)29-14-10-18(11-15-29)16-23(32)30-12-3-4-13-30/h1-2,5-9,17-18,25H,3-4,10-16H2. The third-order valence-electron chi connectivity index (χ3n) is 6.80.